The molecule has 16 heavy (non-hydrogen) atoms. The van der Waals surface area contributed by atoms with Gasteiger partial charge in [0.05, 0.1) is 0 Å². The minimum absolute atomic E-state index is 0.236. The maximum absolute atomic E-state index is 5.71. The van der Waals surface area contributed by atoms with Crippen molar-refractivity contribution in [3.8, 4) is 0 Å². The number of nitrogens with zero attached hydrogens (tertiary/aromatic N) is 1. The van der Waals surface area contributed by atoms with Gasteiger partial charge in [0.25, 0.3) is 0 Å². The molecule has 0 spiro atoms. The van der Waals surface area contributed by atoms with Crippen LogP contribution in [0.15, 0.2) is 27.9 Å². The average Bonchev–Trinajstić information content (AvgIpc) is 2.41. The van der Waals surface area contributed by atoms with Crippen LogP contribution < -0.4 is 0 Å². The zero-order valence-corrected chi connectivity index (χ0v) is 11.1. The fourth-order valence-electron chi connectivity index (χ4n) is 1.37. The summed E-state index contributed by atoms with van der Waals surface area (Å²) in [6.45, 7) is 6.52. The van der Waals surface area contributed by atoms with Crippen LogP contribution in [-0.2, 0) is 9.47 Å². The summed E-state index contributed by atoms with van der Waals surface area (Å²) in [5, 5.41) is 0.915. The number of hydrogen-bond donors (Lipinski definition) is 0. The first-order valence-electron chi connectivity index (χ1n) is 5.44. The van der Waals surface area contributed by atoms with Gasteiger partial charge >= 0.3 is 0 Å². The third-order valence-electron chi connectivity index (χ3n) is 2.07. The standard InChI is InChI=1S/C12H19NO2S/c1-5-14-10(3)15-11-8-6-7-9(2)13-12(11)16-4/h6,8,10H,5,7H2,1-4H3. The fraction of sp³-hybridized carbons (Fsp3) is 0.583. The van der Waals surface area contributed by atoms with Gasteiger partial charge in [-0.1, -0.05) is 6.08 Å². The van der Waals surface area contributed by atoms with Crippen LogP contribution in [0.5, 0.6) is 0 Å². The highest BCUT2D eigenvalue weighted by molar-refractivity contribution is 8.02. The molecule has 0 radical (unpaired) electrons. The van der Waals surface area contributed by atoms with Crippen molar-refractivity contribution in [1.82, 2.24) is 0 Å². The third kappa shape index (κ3) is 4.02. The Morgan fingerprint density at radius 2 is 2.31 bits per heavy atom. The lowest BCUT2D eigenvalue weighted by molar-refractivity contribution is -0.0959. The maximum Gasteiger partial charge on any atom is 0.197 e. The van der Waals surface area contributed by atoms with Crippen molar-refractivity contribution >= 4 is 17.5 Å². The molecule has 0 N–H and O–H groups in total. The second-order valence-electron chi connectivity index (χ2n) is 3.47. The summed E-state index contributed by atoms with van der Waals surface area (Å²) in [7, 11) is 0. The van der Waals surface area contributed by atoms with Crippen LogP contribution in [0.3, 0.4) is 0 Å². The summed E-state index contributed by atoms with van der Waals surface area (Å²) in [5.74, 6) is 0.797. The summed E-state index contributed by atoms with van der Waals surface area (Å²) < 4.78 is 11.1. The van der Waals surface area contributed by atoms with E-state index in [1.807, 2.05) is 33.1 Å². The molecule has 0 aromatic carbocycles. The van der Waals surface area contributed by atoms with E-state index in [1.54, 1.807) is 11.8 Å². The van der Waals surface area contributed by atoms with E-state index in [1.165, 1.54) is 0 Å². The van der Waals surface area contributed by atoms with Crippen LogP contribution in [0.1, 0.15) is 27.2 Å². The topological polar surface area (TPSA) is 30.8 Å². The summed E-state index contributed by atoms with van der Waals surface area (Å²) in [6, 6.07) is 0. The molecule has 1 rings (SSSR count). The summed E-state index contributed by atoms with van der Waals surface area (Å²) in [6.07, 6.45) is 6.68. The molecule has 0 bridgehead atoms. The Morgan fingerprint density at radius 1 is 1.56 bits per heavy atom. The lowest BCUT2D eigenvalue weighted by Crippen LogP contribution is -2.12. The Labute approximate surface area is 102 Å². The Kier molecular flexibility index (Phi) is 5.63. The van der Waals surface area contributed by atoms with Crippen molar-refractivity contribution in [2.75, 3.05) is 12.9 Å². The normalized spacial score (nSPS) is 18.1. The van der Waals surface area contributed by atoms with E-state index in [-0.39, 0.29) is 6.29 Å². The van der Waals surface area contributed by atoms with E-state index in [2.05, 4.69) is 11.1 Å². The molecule has 90 valence electrons. The highest BCUT2D eigenvalue weighted by atomic mass is 32.2. The van der Waals surface area contributed by atoms with Crippen molar-refractivity contribution in [2.24, 2.45) is 4.99 Å². The summed E-state index contributed by atoms with van der Waals surface area (Å²) >= 11 is 1.59. The molecule has 0 amide bonds. The molecule has 1 aliphatic heterocycles. The fourth-order valence-corrected chi connectivity index (χ4v) is 1.93. The van der Waals surface area contributed by atoms with E-state index >= 15 is 0 Å². The predicted molar refractivity (Wildman–Crippen MR) is 69.6 cm³/mol. The van der Waals surface area contributed by atoms with Crippen molar-refractivity contribution in [3.05, 3.63) is 22.9 Å². The number of thioether (sulfide) groups is 1. The molecule has 1 atom stereocenters. The first kappa shape index (κ1) is 13.3. The maximum atomic E-state index is 5.71. The number of aliphatic imine (C=N–C) groups is 1. The van der Waals surface area contributed by atoms with Crippen molar-refractivity contribution in [2.45, 2.75) is 33.5 Å². The molecule has 3 nitrogen and oxygen atoms in total. The number of ether oxygens (including phenoxy) is 2. The molecule has 0 saturated heterocycles. The van der Waals surface area contributed by atoms with Gasteiger partial charge in [0.1, 0.15) is 5.03 Å². The molecule has 4 heteroatoms. The quantitative estimate of drug-likeness (QED) is 0.692. The van der Waals surface area contributed by atoms with Crippen molar-refractivity contribution in [1.29, 1.82) is 0 Å². The minimum Gasteiger partial charge on any atom is -0.462 e. The van der Waals surface area contributed by atoms with Crippen LogP contribution in [0, 0.1) is 0 Å². The van der Waals surface area contributed by atoms with Gasteiger partial charge in [-0.15, -0.1) is 11.8 Å². The van der Waals surface area contributed by atoms with Crippen LogP contribution >= 0.6 is 11.8 Å². The van der Waals surface area contributed by atoms with Crippen LogP contribution in [0.4, 0.5) is 0 Å². The Morgan fingerprint density at radius 3 is 2.94 bits per heavy atom. The summed E-state index contributed by atoms with van der Waals surface area (Å²) in [4.78, 5) is 4.51. The van der Waals surface area contributed by atoms with Gasteiger partial charge in [-0.3, -0.25) is 0 Å². The van der Waals surface area contributed by atoms with E-state index in [0.717, 1.165) is 22.9 Å². The van der Waals surface area contributed by atoms with Gasteiger partial charge in [0, 0.05) is 18.7 Å². The summed E-state index contributed by atoms with van der Waals surface area (Å²) in [5.41, 5.74) is 1.10. The molecule has 1 aliphatic rings. The Balaban J connectivity index is 2.80. The molecular formula is C12H19NO2S. The Bertz CT molecular complexity index is 321. The second-order valence-corrected chi connectivity index (χ2v) is 4.26. The van der Waals surface area contributed by atoms with Gasteiger partial charge in [-0.2, -0.15) is 0 Å². The van der Waals surface area contributed by atoms with Crippen LogP contribution in [0.2, 0.25) is 0 Å². The van der Waals surface area contributed by atoms with Crippen molar-refractivity contribution in [3.63, 3.8) is 0 Å². The number of allylic oxidation sites excluding steroid dienone is 2. The lowest BCUT2D eigenvalue weighted by atomic mass is 10.3. The molecule has 0 saturated carbocycles. The largest absolute Gasteiger partial charge is 0.462 e. The third-order valence-corrected chi connectivity index (χ3v) is 2.75. The Hall–Kier alpha value is -0.740. The molecule has 0 aromatic heterocycles. The van der Waals surface area contributed by atoms with Gasteiger partial charge < -0.3 is 9.47 Å². The minimum atomic E-state index is -0.236. The van der Waals surface area contributed by atoms with Gasteiger partial charge in [0.2, 0.25) is 0 Å². The van der Waals surface area contributed by atoms with Crippen LogP contribution in [0.25, 0.3) is 0 Å². The molecule has 0 fully saturated rings. The predicted octanol–water partition coefficient (Wildman–Crippen LogP) is 3.34. The van der Waals surface area contributed by atoms with E-state index in [0.29, 0.717) is 6.61 Å². The molecule has 0 aromatic rings. The molecular weight excluding hydrogens is 222 g/mol. The zero-order valence-electron chi connectivity index (χ0n) is 10.3. The molecule has 1 unspecified atom stereocenters. The van der Waals surface area contributed by atoms with Gasteiger partial charge in [0.15, 0.2) is 12.0 Å². The highest BCUT2D eigenvalue weighted by Crippen LogP contribution is 2.24. The zero-order chi connectivity index (χ0) is 12.0. The first-order chi connectivity index (χ1) is 7.67. The molecule has 0 aliphatic carbocycles. The second kappa shape index (κ2) is 6.76. The van der Waals surface area contributed by atoms with Gasteiger partial charge in [-0.25, -0.2) is 4.99 Å². The monoisotopic (exact) mass is 241 g/mol. The number of rotatable bonds is 5. The highest BCUT2D eigenvalue weighted by Gasteiger charge is 2.11. The average molecular weight is 241 g/mol. The van der Waals surface area contributed by atoms with Crippen LogP contribution in [-0.4, -0.2) is 24.9 Å². The lowest BCUT2D eigenvalue weighted by Gasteiger charge is -2.15. The SMILES string of the molecule is CCOC(C)OC1=C(SC)N=C(C)CC=C1. The smallest absolute Gasteiger partial charge is 0.197 e. The van der Waals surface area contributed by atoms with E-state index < -0.39 is 0 Å². The van der Waals surface area contributed by atoms with Gasteiger partial charge in [-0.05, 0) is 33.1 Å². The van der Waals surface area contributed by atoms with Crippen molar-refractivity contribution < 1.29 is 9.47 Å². The molecule has 1 heterocycles. The first-order valence-corrected chi connectivity index (χ1v) is 6.67. The van der Waals surface area contributed by atoms with E-state index in [4.69, 9.17) is 9.47 Å². The number of hydrogen-bond acceptors (Lipinski definition) is 4. The van der Waals surface area contributed by atoms with E-state index in [9.17, 15) is 0 Å².